The van der Waals surface area contributed by atoms with Crippen molar-refractivity contribution in [2.24, 2.45) is 0 Å². The van der Waals surface area contributed by atoms with E-state index in [1.807, 2.05) is 0 Å². The summed E-state index contributed by atoms with van der Waals surface area (Å²) in [6.07, 6.45) is -4.09. The van der Waals surface area contributed by atoms with Gasteiger partial charge in [0.15, 0.2) is 0 Å². The fourth-order valence-electron chi connectivity index (χ4n) is 1.56. The quantitative estimate of drug-likeness (QED) is 0.737. The van der Waals surface area contributed by atoms with Gasteiger partial charge in [-0.3, -0.25) is 0 Å². The predicted molar refractivity (Wildman–Crippen MR) is 73.8 cm³/mol. The van der Waals surface area contributed by atoms with Crippen molar-refractivity contribution in [1.29, 1.82) is 0 Å². The van der Waals surface area contributed by atoms with Gasteiger partial charge in [0.05, 0.1) is 0 Å². The van der Waals surface area contributed by atoms with Crippen LogP contribution < -0.4 is 0 Å². The average Bonchev–Trinajstić information content (AvgIpc) is 2.74. The van der Waals surface area contributed by atoms with Crippen LogP contribution in [0.15, 0.2) is 16.3 Å². The Morgan fingerprint density at radius 3 is 2.40 bits per heavy atom. The van der Waals surface area contributed by atoms with Gasteiger partial charge in [0.25, 0.3) is 10.0 Å². The van der Waals surface area contributed by atoms with E-state index in [1.165, 1.54) is 19.9 Å². The second-order valence-corrected chi connectivity index (χ2v) is 8.08. The molecule has 0 aromatic carbocycles. The molecule has 9 heteroatoms. The Kier molecular flexibility index (Phi) is 5.89. The molecule has 0 saturated heterocycles. The van der Waals surface area contributed by atoms with E-state index in [9.17, 15) is 21.6 Å². The second kappa shape index (κ2) is 6.64. The molecule has 0 N–H and O–H groups in total. The SMILES string of the molecule is CC(C)N(CC(F)(F)F)S(=O)(=O)c1ccc(CCCl)s1. The minimum Gasteiger partial charge on any atom is -0.206 e. The molecule has 3 nitrogen and oxygen atoms in total. The van der Waals surface area contributed by atoms with Crippen LogP contribution in [-0.2, 0) is 16.4 Å². The van der Waals surface area contributed by atoms with Crippen molar-refractivity contribution >= 4 is 33.0 Å². The molecule has 0 atom stereocenters. The number of thiophene rings is 1. The highest BCUT2D eigenvalue weighted by Gasteiger charge is 2.39. The van der Waals surface area contributed by atoms with Crippen molar-refractivity contribution in [3.63, 3.8) is 0 Å². The van der Waals surface area contributed by atoms with E-state index in [-0.39, 0.29) is 4.21 Å². The normalized spacial score (nSPS) is 13.4. The first kappa shape index (κ1) is 17.7. The Hall–Kier alpha value is -0.310. The second-order valence-electron chi connectivity index (χ2n) is 4.42. The summed E-state index contributed by atoms with van der Waals surface area (Å²) in [4.78, 5) is 0.731. The number of alkyl halides is 4. The average molecular weight is 350 g/mol. The molecule has 1 aromatic heterocycles. The van der Waals surface area contributed by atoms with Gasteiger partial charge in [-0.05, 0) is 32.4 Å². The maximum atomic E-state index is 12.5. The zero-order chi connectivity index (χ0) is 15.6. The minimum absolute atomic E-state index is 0.0874. The molecule has 1 rings (SSSR count). The lowest BCUT2D eigenvalue weighted by Gasteiger charge is -2.26. The van der Waals surface area contributed by atoms with Crippen LogP contribution >= 0.6 is 22.9 Å². The smallest absolute Gasteiger partial charge is 0.206 e. The topological polar surface area (TPSA) is 37.4 Å². The van der Waals surface area contributed by atoms with Gasteiger partial charge in [-0.1, -0.05) is 0 Å². The van der Waals surface area contributed by atoms with Crippen molar-refractivity contribution in [3.8, 4) is 0 Å². The van der Waals surface area contributed by atoms with E-state index < -0.39 is 28.8 Å². The third kappa shape index (κ3) is 4.61. The third-order valence-corrected chi connectivity index (χ3v) is 6.28. The maximum absolute atomic E-state index is 12.5. The minimum atomic E-state index is -4.58. The van der Waals surface area contributed by atoms with Crippen LogP contribution in [0.25, 0.3) is 0 Å². The number of hydrogen-bond donors (Lipinski definition) is 0. The molecule has 1 aromatic rings. The number of sulfonamides is 1. The molecule has 0 fully saturated rings. The summed E-state index contributed by atoms with van der Waals surface area (Å²) in [5, 5.41) is 0. The van der Waals surface area contributed by atoms with Crippen LogP contribution in [0.2, 0.25) is 0 Å². The Labute approximate surface area is 125 Å². The summed E-state index contributed by atoms with van der Waals surface area (Å²) in [7, 11) is -4.14. The van der Waals surface area contributed by atoms with Crippen molar-refractivity contribution < 1.29 is 21.6 Å². The molecule has 0 aliphatic carbocycles. The molecule has 0 bridgehead atoms. The molecule has 116 valence electrons. The van der Waals surface area contributed by atoms with E-state index in [1.54, 1.807) is 6.07 Å². The summed E-state index contributed by atoms with van der Waals surface area (Å²) >= 11 is 6.51. The molecular weight excluding hydrogens is 335 g/mol. The maximum Gasteiger partial charge on any atom is 0.402 e. The molecule has 0 radical (unpaired) electrons. The van der Waals surface area contributed by atoms with Crippen molar-refractivity contribution in [2.45, 2.75) is 36.7 Å². The Balaban J connectivity index is 3.09. The fraction of sp³-hybridized carbons (Fsp3) is 0.636. The van der Waals surface area contributed by atoms with Crippen LogP contribution in [0.5, 0.6) is 0 Å². The highest BCUT2D eigenvalue weighted by atomic mass is 35.5. The van der Waals surface area contributed by atoms with Crippen LogP contribution in [-0.4, -0.2) is 37.4 Å². The number of rotatable bonds is 6. The standard InChI is InChI=1S/C11H15ClF3NO2S2/c1-8(2)16(7-11(13,14)15)20(17,18)10-4-3-9(19-10)5-6-12/h3-4,8H,5-7H2,1-2H3. The lowest BCUT2D eigenvalue weighted by Crippen LogP contribution is -2.42. The van der Waals surface area contributed by atoms with Gasteiger partial charge in [0, 0.05) is 16.8 Å². The summed E-state index contributed by atoms with van der Waals surface area (Å²) in [6.45, 7) is 1.34. The zero-order valence-electron chi connectivity index (χ0n) is 10.9. The summed E-state index contributed by atoms with van der Waals surface area (Å²) in [5.41, 5.74) is 0. The number of nitrogens with zero attached hydrogens (tertiary/aromatic N) is 1. The molecule has 0 unspecified atom stereocenters. The zero-order valence-corrected chi connectivity index (χ0v) is 13.3. The van der Waals surface area contributed by atoms with Gasteiger partial charge >= 0.3 is 6.18 Å². The number of hydrogen-bond acceptors (Lipinski definition) is 3. The van der Waals surface area contributed by atoms with Crippen molar-refractivity contribution in [3.05, 3.63) is 17.0 Å². The lowest BCUT2D eigenvalue weighted by atomic mass is 10.4. The molecule has 20 heavy (non-hydrogen) atoms. The Bertz CT molecular complexity index is 540. The van der Waals surface area contributed by atoms with Gasteiger partial charge in [-0.15, -0.1) is 22.9 Å². The highest BCUT2D eigenvalue weighted by Crippen LogP contribution is 2.29. The first-order valence-electron chi connectivity index (χ1n) is 5.81. The Morgan fingerprint density at radius 1 is 1.35 bits per heavy atom. The van der Waals surface area contributed by atoms with Crippen LogP contribution in [0, 0.1) is 0 Å². The first-order valence-corrected chi connectivity index (χ1v) is 8.60. The fourth-order valence-corrected chi connectivity index (χ4v) is 4.98. The van der Waals surface area contributed by atoms with Gasteiger partial charge in [0.1, 0.15) is 10.8 Å². The largest absolute Gasteiger partial charge is 0.402 e. The van der Waals surface area contributed by atoms with E-state index in [0.717, 1.165) is 16.2 Å². The van der Waals surface area contributed by atoms with Crippen LogP contribution in [0.3, 0.4) is 0 Å². The Morgan fingerprint density at radius 2 is 1.95 bits per heavy atom. The van der Waals surface area contributed by atoms with E-state index >= 15 is 0 Å². The predicted octanol–water partition coefficient (Wildman–Crippen LogP) is 3.49. The monoisotopic (exact) mass is 349 g/mol. The van der Waals surface area contributed by atoms with E-state index in [4.69, 9.17) is 11.6 Å². The van der Waals surface area contributed by atoms with Gasteiger partial charge in [-0.2, -0.15) is 17.5 Å². The van der Waals surface area contributed by atoms with Crippen molar-refractivity contribution in [1.82, 2.24) is 4.31 Å². The highest BCUT2D eigenvalue weighted by molar-refractivity contribution is 7.91. The number of halogens is 4. The van der Waals surface area contributed by atoms with Crippen molar-refractivity contribution in [2.75, 3.05) is 12.4 Å². The number of aryl methyl sites for hydroxylation is 1. The van der Waals surface area contributed by atoms with Gasteiger partial charge < -0.3 is 0 Å². The van der Waals surface area contributed by atoms with E-state index in [2.05, 4.69) is 0 Å². The molecule has 1 heterocycles. The molecule has 0 aliphatic rings. The van der Waals surface area contributed by atoms with Gasteiger partial charge in [-0.25, -0.2) is 8.42 Å². The molecular formula is C11H15ClF3NO2S2. The van der Waals surface area contributed by atoms with Crippen LogP contribution in [0.4, 0.5) is 13.2 Å². The summed E-state index contributed by atoms with van der Waals surface area (Å²) < 4.78 is 62.5. The molecule has 0 amide bonds. The first-order chi connectivity index (χ1) is 9.08. The molecule has 0 saturated carbocycles. The molecule has 0 spiro atoms. The molecule has 0 aliphatic heterocycles. The lowest BCUT2D eigenvalue weighted by molar-refractivity contribution is -0.138. The third-order valence-electron chi connectivity index (χ3n) is 2.45. The summed E-state index contributed by atoms with van der Waals surface area (Å²) in [6, 6.07) is 2.12. The summed E-state index contributed by atoms with van der Waals surface area (Å²) in [5.74, 6) is 0.330. The van der Waals surface area contributed by atoms with Crippen LogP contribution in [0.1, 0.15) is 18.7 Å². The van der Waals surface area contributed by atoms with Gasteiger partial charge in [0.2, 0.25) is 0 Å². The van der Waals surface area contributed by atoms with E-state index in [0.29, 0.717) is 16.6 Å².